The summed E-state index contributed by atoms with van der Waals surface area (Å²) in [6, 6.07) is 11.5. The third-order valence-corrected chi connectivity index (χ3v) is 3.89. The molecule has 3 rings (SSSR count). The summed E-state index contributed by atoms with van der Waals surface area (Å²) in [6.45, 7) is 4.65. The molecule has 1 amide bonds. The lowest BCUT2D eigenvalue weighted by Crippen LogP contribution is -2.29. The fourth-order valence-corrected chi connectivity index (χ4v) is 2.56. The Labute approximate surface area is 146 Å². The number of aryl methyl sites for hydroxylation is 1. The molecule has 0 bridgehead atoms. The van der Waals surface area contributed by atoms with Gasteiger partial charge in [-0.2, -0.15) is 5.10 Å². The number of carbonyl (C=O) groups is 1. The minimum Gasteiger partial charge on any atom is -0.350 e. The van der Waals surface area contributed by atoms with Crippen LogP contribution in [0.15, 0.2) is 48.7 Å². The Hall–Kier alpha value is -2.89. The van der Waals surface area contributed by atoms with E-state index in [1.165, 1.54) is 12.1 Å². The van der Waals surface area contributed by atoms with Crippen molar-refractivity contribution in [2.75, 3.05) is 6.54 Å². The second-order valence-electron chi connectivity index (χ2n) is 6.41. The Balaban J connectivity index is 2.04. The van der Waals surface area contributed by atoms with E-state index in [-0.39, 0.29) is 11.7 Å². The van der Waals surface area contributed by atoms with Gasteiger partial charge in [0.1, 0.15) is 17.2 Å². The number of carbonyl (C=O) groups excluding carboxylic acids is 1. The predicted octanol–water partition coefficient (Wildman–Crippen LogP) is 3.40. The summed E-state index contributed by atoms with van der Waals surface area (Å²) >= 11 is 0. The highest BCUT2D eigenvalue weighted by Gasteiger charge is 2.18. The number of rotatable bonds is 5. The molecule has 0 spiro atoms. The van der Waals surface area contributed by atoms with Gasteiger partial charge in [0, 0.05) is 19.8 Å². The molecule has 0 saturated carbocycles. The van der Waals surface area contributed by atoms with E-state index < -0.39 is 0 Å². The van der Waals surface area contributed by atoms with Gasteiger partial charge in [-0.1, -0.05) is 13.8 Å². The summed E-state index contributed by atoms with van der Waals surface area (Å²) in [5.41, 5.74) is 2.64. The van der Waals surface area contributed by atoms with Gasteiger partial charge < -0.3 is 9.88 Å². The Bertz CT molecular complexity index is 877. The molecule has 2 aromatic heterocycles. The summed E-state index contributed by atoms with van der Waals surface area (Å²) < 4.78 is 16.7. The van der Waals surface area contributed by atoms with Gasteiger partial charge in [0.25, 0.3) is 5.91 Å². The molecule has 0 unspecified atom stereocenters. The van der Waals surface area contributed by atoms with Gasteiger partial charge in [0.15, 0.2) is 0 Å². The lowest BCUT2D eigenvalue weighted by molar-refractivity contribution is 0.0941. The molecule has 0 saturated heterocycles. The molecular weight excluding hydrogens is 319 g/mol. The van der Waals surface area contributed by atoms with Gasteiger partial charge >= 0.3 is 0 Å². The van der Waals surface area contributed by atoms with Crippen LogP contribution in [0.5, 0.6) is 0 Å². The zero-order valence-electron chi connectivity index (χ0n) is 14.5. The first-order valence-corrected chi connectivity index (χ1v) is 8.21. The lowest BCUT2D eigenvalue weighted by Gasteiger charge is -2.09. The average Bonchev–Trinajstić information content (AvgIpc) is 3.19. The number of hydrogen-bond acceptors (Lipinski definition) is 2. The van der Waals surface area contributed by atoms with Crippen molar-refractivity contribution in [3.05, 3.63) is 60.2 Å². The standard InChI is InChI=1S/C19H21FN4O/c1-13(2)12-21-19(25)18-11-16(17-5-4-10-23(17)3)22-24(18)15-8-6-14(20)7-9-15/h4-11,13H,12H2,1-3H3,(H,21,25). The second kappa shape index (κ2) is 6.93. The van der Waals surface area contributed by atoms with Gasteiger partial charge in [0.2, 0.25) is 0 Å². The van der Waals surface area contributed by atoms with Crippen molar-refractivity contribution >= 4 is 5.91 Å². The van der Waals surface area contributed by atoms with Gasteiger partial charge in [-0.25, -0.2) is 9.07 Å². The van der Waals surface area contributed by atoms with Crippen LogP contribution in [0.3, 0.4) is 0 Å². The van der Waals surface area contributed by atoms with Crippen LogP contribution in [0.1, 0.15) is 24.3 Å². The highest BCUT2D eigenvalue weighted by atomic mass is 19.1. The van der Waals surface area contributed by atoms with Crippen LogP contribution in [0.2, 0.25) is 0 Å². The first-order valence-electron chi connectivity index (χ1n) is 8.21. The average molecular weight is 340 g/mol. The molecule has 0 aliphatic heterocycles. The molecule has 3 aromatic rings. The fourth-order valence-electron chi connectivity index (χ4n) is 2.56. The molecule has 1 aromatic carbocycles. The molecule has 25 heavy (non-hydrogen) atoms. The smallest absolute Gasteiger partial charge is 0.270 e. The fraction of sp³-hybridized carbons (Fsp3) is 0.263. The van der Waals surface area contributed by atoms with E-state index in [0.717, 1.165) is 5.69 Å². The van der Waals surface area contributed by atoms with E-state index >= 15 is 0 Å². The van der Waals surface area contributed by atoms with Crippen molar-refractivity contribution < 1.29 is 9.18 Å². The zero-order chi connectivity index (χ0) is 18.0. The largest absolute Gasteiger partial charge is 0.350 e. The highest BCUT2D eigenvalue weighted by molar-refractivity contribution is 5.94. The van der Waals surface area contributed by atoms with Crippen LogP contribution in [-0.4, -0.2) is 26.8 Å². The predicted molar refractivity (Wildman–Crippen MR) is 95.1 cm³/mol. The summed E-state index contributed by atoms with van der Waals surface area (Å²) in [5, 5.41) is 7.49. The van der Waals surface area contributed by atoms with Crippen LogP contribution in [0.4, 0.5) is 4.39 Å². The van der Waals surface area contributed by atoms with E-state index in [1.54, 1.807) is 22.9 Å². The van der Waals surface area contributed by atoms with Crippen molar-refractivity contribution in [1.29, 1.82) is 0 Å². The Morgan fingerprint density at radius 2 is 1.96 bits per heavy atom. The number of hydrogen-bond donors (Lipinski definition) is 1. The monoisotopic (exact) mass is 340 g/mol. The minimum absolute atomic E-state index is 0.203. The number of nitrogens with one attached hydrogen (secondary N) is 1. The molecule has 1 N–H and O–H groups in total. The molecule has 0 radical (unpaired) electrons. The molecule has 0 aliphatic carbocycles. The van der Waals surface area contributed by atoms with Gasteiger partial charge in [-0.15, -0.1) is 0 Å². The van der Waals surface area contributed by atoms with Crippen LogP contribution in [0.25, 0.3) is 17.1 Å². The van der Waals surface area contributed by atoms with Crippen molar-refractivity contribution in [3.63, 3.8) is 0 Å². The Morgan fingerprint density at radius 3 is 2.56 bits per heavy atom. The summed E-state index contributed by atoms with van der Waals surface area (Å²) in [7, 11) is 1.92. The van der Waals surface area contributed by atoms with Crippen LogP contribution in [-0.2, 0) is 7.05 Å². The molecule has 2 heterocycles. The Morgan fingerprint density at radius 1 is 1.24 bits per heavy atom. The molecule has 6 heteroatoms. The maximum Gasteiger partial charge on any atom is 0.270 e. The van der Waals surface area contributed by atoms with E-state index in [9.17, 15) is 9.18 Å². The van der Waals surface area contributed by atoms with Gasteiger partial charge in [-0.05, 0) is 48.4 Å². The van der Waals surface area contributed by atoms with Gasteiger partial charge in [-0.3, -0.25) is 4.79 Å². The number of amides is 1. The molecule has 0 atom stereocenters. The third kappa shape index (κ3) is 3.63. The number of halogens is 1. The molecular formula is C19H21FN4O. The van der Waals surface area contributed by atoms with E-state index in [1.807, 2.05) is 43.8 Å². The summed E-state index contributed by atoms with van der Waals surface area (Å²) in [4.78, 5) is 12.6. The number of aromatic nitrogens is 3. The zero-order valence-corrected chi connectivity index (χ0v) is 14.5. The van der Waals surface area contributed by atoms with E-state index in [0.29, 0.717) is 29.5 Å². The van der Waals surface area contributed by atoms with Crippen LogP contribution >= 0.6 is 0 Å². The summed E-state index contributed by atoms with van der Waals surface area (Å²) in [5.74, 6) is -0.186. The first kappa shape index (κ1) is 17.0. The third-order valence-electron chi connectivity index (χ3n) is 3.89. The van der Waals surface area contributed by atoms with E-state index in [2.05, 4.69) is 10.4 Å². The van der Waals surface area contributed by atoms with Crippen molar-refractivity contribution in [3.8, 4) is 17.1 Å². The van der Waals surface area contributed by atoms with Crippen molar-refractivity contribution in [2.45, 2.75) is 13.8 Å². The Kier molecular flexibility index (Phi) is 4.70. The molecule has 130 valence electrons. The van der Waals surface area contributed by atoms with Crippen LogP contribution < -0.4 is 5.32 Å². The maximum atomic E-state index is 13.2. The molecule has 0 fully saturated rings. The van der Waals surface area contributed by atoms with Crippen LogP contribution in [0, 0.1) is 11.7 Å². The van der Waals surface area contributed by atoms with Crippen molar-refractivity contribution in [2.24, 2.45) is 13.0 Å². The second-order valence-corrected chi connectivity index (χ2v) is 6.41. The topological polar surface area (TPSA) is 51.9 Å². The molecule has 5 nitrogen and oxygen atoms in total. The minimum atomic E-state index is -0.329. The number of nitrogens with zero attached hydrogens (tertiary/aromatic N) is 3. The highest BCUT2D eigenvalue weighted by Crippen LogP contribution is 2.22. The first-order chi connectivity index (χ1) is 12.0. The lowest BCUT2D eigenvalue weighted by atomic mass is 10.2. The normalized spacial score (nSPS) is 11.1. The van der Waals surface area contributed by atoms with E-state index in [4.69, 9.17) is 0 Å². The van der Waals surface area contributed by atoms with Crippen molar-refractivity contribution in [1.82, 2.24) is 19.7 Å². The van der Waals surface area contributed by atoms with Gasteiger partial charge in [0.05, 0.1) is 11.4 Å². The SMILES string of the molecule is CC(C)CNC(=O)c1cc(-c2cccn2C)nn1-c1ccc(F)cc1. The number of benzene rings is 1. The molecule has 0 aliphatic rings. The maximum absolute atomic E-state index is 13.2. The summed E-state index contributed by atoms with van der Waals surface area (Å²) in [6.07, 6.45) is 1.92. The quantitative estimate of drug-likeness (QED) is 0.774.